The number of carbonyl (C=O) groups excluding carboxylic acids is 1. The van der Waals surface area contributed by atoms with Crippen LogP contribution >= 0.6 is 0 Å². The maximum absolute atomic E-state index is 12.6. The molecule has 0 bridgehead atoms. The van der Waals surface area contributed by atoms with Crippen LogP contribution in [0.15, 0.2) is 30.3 Å². The fourth-order valence-corrected chi connectivity index (χ4v) is 4.78. The smallest absolute Gasteiger partial charge is 0.225 e. The summed E-state index contributed by atoms with van der Waals surface area (Å²) >= 11 is 0. The Bertz CT molecular complexity index is 811. The van der Waals surface area contributed by atoms with E-state index in [1.807, 2.05) is 0 Å². The van der Waals surface area contributed by atoms with E-state index in [1.165, 1.54) is 28.9 Å². The molecule has 5 rings (SSSR count). The van der Waals surface area contributed by atoms with Gasteiger partial charge in [0.15, 0.2) is 0 Å². The zero-order valence-corrected chi connectivity index (χ0v) is 15.9. The van der Waals surface area contributed by atoms with Gasteiger partial charge in [0.2, 0.25) is 5.91 Å². The molecule has 1 atom stereocenters. The normalized spacial score (nSPS) is 23.3. The van der Waals surface area contributed by atoms with Crippen LogP contribution in [0.3, 0.4) is 0 Å². The molecule has 2 aliphatic heterocycles. The van der Waals surface area contributed by atoms with Crippen LogP contribution in [-0.4, -0.2) is 45.5 Å². The molecule has 2 fully saturated rings. The van der Waals surface area contributed by atoms with E-state index in [0.29, 0.717) is 17.7 Å². The topological polar surface area (TPSA) is 52.2 Å². The molecule has 1 aliphatic carbocycles. The maximum Gasteiger partial charge on any atom is 0.225 e. The van der Waals surface area contributed by atoms with Crippen LogP contribution in [0.5, 0.6) is 0 Å². The summed E-state index contributed by atoms with van der Waals surface area (Å²) in [5, 5.41) is 8.00. The standard InChI is InChI=1S/C22H28N4O/c27-22(17-7-4-8-17)26-12-9-18(14-26)21-19-15-25(11-10-20(19)23-24-21)13-16-5-2-1-3-6-16/h1-3,5-6,17-18H,4,7-15H2,(H,23,24). The fourth-order valence-electron chi connectivity index (χ4n) is 4.78. The van der Waals surface area contributed by atoms with Gasteiger partial charge in [0.1, 0.15) is 0 Å². The van der Waals surface area contributed by atoms with Crippen molar-refractivity contribution >= 4 is 5.91 Å². The highest BCUT2D eigenvalue weighted by Crippen LogP contribution is 2.35. The van der Waals surface area contributed by atoms with Crippen molar-refractivity contribution in [1.29, 1.82) is 0 Å². The second kappa shape index (κ2) is 7.12. The van der Waals surface area contributed by atoms with Crippen LogP contribution in [0.2, 0.25) is 0 Å². The third-order valence-electron chi connectivity index (χ3n) is 6.63. The van der Waals surface area contributed by atoms with E-state index in [4.69, 9.17) is 5.10 Å². The lowest BCUT2D eigenvalue weighted by molar-refractivity contribution is -0.137. The Labute approximate surface area is 160 Å². The number of nitrogens with one attached hydrogen (secondary N) is 1. The quantitative estimate of drug-likeness (QED) is 0.907. The number of amides is 1. The summed E-state index contributed by atoms with van der Waals surface area (Å²) in [5.74, 6) is 1.09. The number of hydrogen-bond donors (Lipinski definition) is 1. The van der Waals surface area contributed by atoms with Gasteiger partial charge >= 0.3 is 0 Å². The molecular weight excluding hydrogens is 336 g/mol. The van der Waals surface area contributed by atoms with E-state index in [-0.39, 0.29) is 0 Å². The summed E-state index contributed by atoms with van der Waals surface area (Å²) in [5.41, 5.74) is 5.27. The molecule has 27 heavy (non-hydrogen) atoms. The number of aromatic nitrogens is 2. The van der Waals surface area contributed by atoms with Gasteiger partial charge in [-0.2, -0.15) is 5.10 Å². The number of H-pyrrole nitrogens is 1. The summed E-state index contributed by atoms with van der Waals surface area (Å²) in [7, 11) is 0. The number of benzene rings is 1. The number of aromatic amines is 1. The first kappa shape index (κ1) is 17.0. The molecule has 3 heterocycles. The summed E-state index contributed by atoms with van der Waals surface area (Å²) in [6, 6.07) is 10.7. The average molecular weight is 364 g/mol. The van der Waals surface area contributed by atoms with E-state index in [2.05, 4.69) is 45.2 Å². The van der Waals surface area contributed by atoms with Crippen molar-refractivity contribution in [3.63, 3.8) is 0 Å². The van der Waals surface area contributed by atoms with Crippen LogP contribution in [0.1, 0.15) is 54.1 Å². The highest BCUT2D eigenvalue weighted by molar-refractivity contribution is 5.80. The van der Waals surface area contributed by atoms with Gasteiger partial charge in [0.05, 0.1) is 5.69 Å². The lowest BCUT2D eigenvalue weighted by atomic mass is 9.84. The Morgan fingerprint density at radius 3 is 2.78 bits per heavy atom. The van der Waals surface area contributed by atoms with Gasteiger partial charge in [-0.1, -0.05) is 36.8 Å². The van der Waals surface area contributed by atoms with E-state index in [9.17, 15) is 4.79 Å². The van der Waals surface area contributed by atoms with E-state index in [0.717, 1.165) is 58.4 Å². The predicted octanol–water partition coefficient (Wildman–Crippen LogP) is 3.08. The minimum atomic E-state index is 0.304. The summed E-state index contributed by atoms with van der Waals surface area (Å²) in [6.07, 6.45) is 5.48. The van der Waals surface area contributed by atoms with Gasteiger partial charge in [0, 0.05) is 62.2 Å². The Kier molecular flexibility index (Phi) is 4.48. The van der Waals surface area contributed by atoms with Gasteiger partial charge in [-0.3, -0.25) is 14.8 Å². The van der Waals surface area contributed by atoms with Crippen LogP contribution in [0.25, 0.3) is 0 Å². The summed E-state index contributed by atoms with van der Waals surface area (Å²) < 4.78 is 0. The van der Waals surface area contributed by atoms with Crippen molar-refractivity contribution in [3.05, 3.63) is 52.8 Å². The third kappa shape index (κ3) is 3.29. The van der Waals surface area contributed by atoms with Gasteiger partial charge < -0.3 is 4.90 Å². The Balaban J connectivity index is 1.27. The zero-order chi connectivity index (χ0) is 18.2. The first-order valence-corrected chi connectivity index (χ1v) is 10.4. The number of carbonyl (C=O) groups is 1. The van der Waals surface area contributed by atoms with E-state index >= 15 is 0 Å². The lowest BCUT2D eigenvalue weighted by Gasteiger charge is -2.29. The highest BCUT2D eigenvalue weighted by atomic mass is 16.2. The van der Waals surface area contributed by atoms with Gasteiger partial charge in [0.25, 0.3) is 0 Å². The van der Waals surface area contributed by atoms with Crippen LogP contribution in [-0.2, 0) is 24.3 Å². The number of nitrogens with zero attached hydrogens (tertiary/aromatic N) is 3. The average Bonchev–Trinajstić information content (AvgIpc) is 3.27. The number of likely N-dealkylation sites (tertiary alicyclic amines) is 1. The maximum atomic E-state index is 12.6. The van der Waals surface area contributed by atoms with Gasteiger partial charge in [-0.05, 0) is 24.8 Å². The van der Waals surface area contributed by atoms with Crippen molar-refractivity contribution < 1.29 is 4.79 Å². The van der Waals surface area contributed by atoms with Crippen molar-refractivity contribution in [2.45, 2.75) is 51.1 Å². The molecule has 2 aromatic rings. The second-order valence-electron chi connectivity index (χ2n) is 8.41. The largest absolute Gasteiger partial charge is 0.342 e. The molecule has 142 valence electrons. The Hall–Kier alpha value is -2.14. The Morgan fingerprint density at radius 1 is 1.15 bits per heavy atom. The van der Waals surface area contributed by atoms with Crippen molar-refractivity contribution in [1.82, 2.24) is 20.0 Å². The molecule has 1 saturated carbocycles. The second-order valence-corrected chi connectivity index (χ2v) is 8.41. The molecule has 1 unspecified atom stereocenters. The van der Waals surface area contributed by atoms with Crippen LogP contribution in [0, 0.1) is 5.92 Å². The van der Waals surface area contributed by atoms with Crippen molar-refractivity contribution in [2.24, 2.45) is 5.92 Å². The number of rotatable bonds is 4. The molecule has 5 heteroatoms. The number of hydrogen-bond acceptors (Lipinski definition) is 3. The molecule has 1 amide bonds. The molecule has 3 aliphatic rings. The molecule has 0 radical (unpaired) electrons. The highest BCUT2D eigenvalue weighted by Gasteiger charge is 2.36. The molecule has 0 spiro atoms. The molecule has 5 nitrogen and oxygen atoms in total. The molecule has 1 saturated heterocycles. The van der Waals surface area contributed by atoms with Crippen molar-refractivity contribution in [3.8, 4) is 0 Å². The minimum absolute atomic E-state index is 0.304. The third-order valence-corrected chi connectivity index (χ3v) is 6.63. The van der Waals surface area contributed by atoms with Crippen molar-refractivity contribution in [2.75, 3.05) is 19.6 Å². The first-order valence-electron chi connectivity index (χ1n) is 10.4. The molecule has 1 aromatic heterocycles. The van der Waals surface area contributed by atoms with Crippen LogP contribution in [0.4, 0.5) is 0 Å². The molecular formula is C22H28N4O. The lowest BCUT2D eigenvalue weighted by Crippen LogP contribution is -2.37. The summed E-state index contributed by atoms with van der Waals surface area (Å²) in [6.45, 7) is 4.77. The summed E-state index contributed by atoms with van der Waals surface area (Å²) in [4.78, 5) is 17.2. The zero-order valence-electron chi connectivity index (χ0n) is 15.9. The van der Waals surface area contributed by atoms with E-state index < -0.39 is 0 Å². The van der Waals surface area contributed by atoms with Gasteiger partial charge in [-0.25, -0.2) is 0 Å². The predicted molar refractivity (Wildman–Crippen MR) is 104 cm³/mol. The first-order chi connectivity index (χ1) is 13.3. The fraction of sp³-hybridized carbons (Fsp3) is 0.545. The molecule has 1 N–H and O–H groups in total. The van der Waals surface area contributed by atoms with E-state index in [1.54, 1.807) is 0 Å². The van der Waals surface area contributed by atoms with Crippen LogP contribution < -0.4 is 0 Å². The van der Waals surface area contributed by atoms with Gasteiger partial charge in [-0.15, -0.1) is 0 Å². The SMILES string of the molecule is O=C(C1CCC1)N1CCC(c2n[nH]c3c2CN(Cc2ccccc2)CC3)C1. The molecule has 1 aromatic carbocycles. The monoisotopic (exact) mass is 364 g/mol. The number of fused-ring (bicyclic) bond motifs is 1. The Morgan fingerprint density at radius 2 is 2.00 bits per heavy atom. The minimum Gasteiger partial charge on any atom is -0.342 e.